The largest absolute Gasteiger partial charge is 0.389 e. The molecule has 1 atom stereocenters. The molecule has 4 nitrogen and oxygen atoms in total. The monoisotopic (exact) mass is 376 g/mol. The van der Waals surface area contributed by atoms with Gasteiger partial charge in [-0.3, -0.25) is 9.80 Å². The maximum atomic E-state index is 13.4. The van der Waals surface area contributed by atoms with E-state index in [0.29, 0.717) is 13.2 Å². The minimum Gasteiger partial charge on any atom is -0.389 e. The zero-order chi connectivity index (χ0) is 19.2. The van der Waals surface area contributed by atoms with Crippen LogP contribution in [0.4, 0.5) is 8.78 Å². The molecule has 1 N–H and O–H groups in total. The van der Waals surface area contributed by atoms with Crippen molar-refractivity contribution in [3.63, 3.8) is 0 Å². The van der Waals surface area contributed by atoms with Gasteiger partial charge in [-0.2, -0.15) is 0 Å². The lowest BCUT2D eigenvalue weighted by molar-refractivity contribution is 0.0203. The molecule has 1 saturated heterocycles. The fourth-order valence-electron chi connectivity index (χ4n) is 3.65. The first-order valence-corrected chi connectivity index (χ1v) is 9.21. The number of aliphatic hydroxyl groups excluding tert-OH is 1. The van der Waals surface area contributed by atoms with Crippen molar-refractivity contribution in [3.05, 3.63) is 71.3 Å². The third kappa shape index (κ3) is 5.32. The molecular weight excluding hydrogens is 350 g/mol. The number of methoxy groups -OCH3 is 1. The number of β-amino-alcohol motifs (C(OH)–C–C–N with tert-alkyl or cyclic N) is 1. The van der Waals surface area contributed by atoms with Crippen LogP contribution in [0.25, 0.3) is 0 Å². The Hall–Kier alpha value is -1.86. The van der Waals surface area contributed by atoms with Crippen LogP contribution >= 0.6 is 0 Å². The van der Waals surface area contributed by atoms with Gasteiger partial charge < -0.3 is 9.84 Å². The second-order valence-electron chi connectivity index (χ2n) is 6.95. The van der Waals surface area contributed by atoms with E-state index in [2.05, 4.69) is 9.80 Å². The van der Waals surface area contributed by atoms with Crippen LogP contribution in [0.5, 0.6) is 0 Å². The molecule has 3 rings (SSSR count). The number of nitrogens with zero attached hydrogens (tertiary/aromatic N) is 2. The van der Waals surface area contributed by atoms with Gasteiger partial charge in [0.1, 0.15) is 11.6 Å². The molecule has 1 unspecified atom stereocenters. The first kappa shape index (κ1) is 19.9. The molecule has 0 bridgehead atoms. The van der Waals surface area contributed by atoms with Gasteiger partial charge in [-0.25, -0.2) is 8.78 Å². The molecule has 1 heterocycles. The van der Waals surface area contributed by atoms with Crippen molar-refractivity contribution in [2.45, 2.75) is 12.1 Å². The van der Waals surface area contributed by atoms with E-state index in [1.54, 1.807) is 31.4 Å². The number of benzene rings is 2. The lowest BCUT2D eigenvalue weighted by atomic mass is 9.96. The van der Waals surface area contributed by atoms with E-state index >= 15 is 0 Å². The van der Waals surface area contributed by atoms with Crippen LogP contribution in [0.3, 0.4) is 0 Å². The summed E-state index contributed by atoms with van der Waals surface area (Å²) in [6, 6.07) is 12.9. The van der Waals surface area contributed by atoms with Gasteiger partial charge in [0, 0.05) is 39.8 Å². The Morgan fingerprint density at radius 1 is 0.889 bits per heavy atom. The van der Waals surface area contributed by atoms with Gasteiger partial charge in [0.15, 0.2) is 0 Å². The van der Waals surface area contributed by atoms with Crippen LogP contribution < -0.4 is 0 Å². The average Bonchev–Trinajstić information content (AvgIpc) is 2.66. The highest BCUT2D eigenvalue weighted by Gasteiger charge is 2.27. The fourth-order valence-corrected chi connectivity index (χ4v) is 3.65. The zero-order valence-electron chi connectivity index (χ0n) is 15.5. The molecule has 0 saturated carbocycles. The minimum atomic E-state index is -0.494. The predicted molar refractivity (Wildman–Crippen MR) is 101 cm³/mol. The van der Waals surface area contributed by atoms with Crippen molar-refractivity contribution < 1.29 is 18.6 Å². The smallest absolute Gasteiger partial charge is 0.123 e. The van der Waals surface area contributed by atoms with E-state index in [1.165, 1.54) is 24.3 Å². The average molecular weight is 376 g/mol. The summed E-state index contributed by atoms with van der Waals surface area (Å²) in [5, 5.41) is 9.93. The Morgan fingerprint density at radius 3 is 1.81 bits per heavy atom. The molecule has 6 heteroatoms. The van der Waals surface area contributed by atoms with Crippen LogP contribution in [0.1, 0.15) is 17.2 Å². The van der Waals surface area contributed by atoms with E-state index in [0.717, 1.165) is 37.3 Å². The summed E-state index contributed by atoms with van der Waals surface area (Å²) >= 11 is 0. The fraction of sp³-hybridized carbons (Fsp3) is 0.429. The minimum absolute atomic E-state index is 0.0581. The van der Waals surface area contributed by atoms with Gasteiger partial charge in [-0.05, 0) is 35.4 Å². The molecule has 1 aliphatic rings. The topological polar surface area (TPSA) is 35.9 Å². The molecule has 0 aromatic heterocycles. The quantitative estimate of drug-likeness (QED) is 0.806. The van der Waals surface area contributed by atoms with Crippen molar-refractivity contribution in [1.29, 1.82) is 0 Å². The van der Waals surface area contributed by atoms with E-state index in [9.17, 15) is 13.9 Å². The maximum Gasteiger partial charge on any atom is 0.123 e. The second kappa shape index (κ2) is 9.37. The molecule has 1 fully saturated rings. The Kier molecular flexibility index (Phi) is 6.90. The van der Waals surface area contributed by atoms with Crippen molar-refractivity contribution >= 4 is 0 Å². The summed E-state index contributed by atoms with van der Waals surface area (Å²) in [6.07, 6.45) is -0.494. The number of halogens is 2. The highest BCUT2D eigenvalue weighted by Crippen LogP contribution is 2.30. The van der Waals surface area contributed by atoms with Gasteiger partial charge in [0.25, 0.3) is 0 Å². The summed E-state index contributed by atoms with van der Waals surface area (Å²) in [5.41, 5.74) is 1.96. The Morgan fingerprint density at radius 2 is 1.37 bits per heavy atom. The summed E-state index contributed by atoms with van der Waals surface area (Å²) in [5.74, 6) is -0.540. The summed E-state index contributed by atoms with van der Waals surface area (Å²) < 4.78 is 31.7. The lowest BCUT2D eigenvalue weighted by Gasteiger charge is -2.40. The van der Waals surface area contributed by atoms with Gasteiger partial charge >= 0.3 is 0 Å². The van der Waals surface area contributed by atoms with Crippen LogP contribution in [0.15, 0.2) is 48.5 Å². The summed E-state index contributed by atoms with van der Waals surface area (Å²) in [6.45, 7) is 4.16. The Balaban J connectivity index is 1.74. The molecule has 27 heavy (non-hydrogen) atoms. The number of rotatable bonds is 7. The molecule has 0 amide bonds. The zero-order valence-corrected chi connectivity index (χ0v) is 15.5. The molecule has 0 radical (unpaired) electrons. The van der Waals surface area contributed by atoms with E-state index < -0.39 is 6.10 Å². The highest BCUT2D eigenvalue weighted by molar-refractivity contribution is 5.32. The van der Waals surface area contributed by atoms with Crippen molar-refractivity contribution in [2.24, 2.45) is 0 Å². The van der Waals surface area contributed by atoms with E-state index in [-0.39, 0.29) is 17.7 Å². The van der Waals surface area contributed by atoms with Crippen molar-refractivity contribution in [1.82, 2.24) is 9.80 Å². The van der Waals surface area contributed by atoms with E-state index in [4.69, 9.17) is 4.74 Å². The third-order valence-electron chi connectivity index (χ3n) is 4.97. The van der Waals surface area contributed by atoms with Crippen LogP contribution in [-0.4, -0.2) is 67.5 Å². The molecule has 0 aliphatic carbocycles. The molecule has 0 spiro atoms. The number of ether oxygens (including phenoxy) is 1. The van der Waals surface area contributed by atoms with Gasteiger partial charge in [-0.15, -0.1) is 0 Å². The molecular formula is C21H26F2N2O2. The normalized spacial score (nSPS) is 17.4. The summed E-state index contributed by atoms with van der Waals surface area (Å²) in [7, 11) is 1.58. The Labute approximate surface area is 159 Å². The lowest BCUT2D eigenvalue weighted by Crippen LogP contribution is -2.50. The van der Waals surface area contributed by atoms with Crippen molar-refractivity contribution in [2.75, 3.05) is 46.4 Å². The molecule has 2 aromatic carbocycles. The molecule has 2 aromatic rings. The second-order valence-corrected chi connectivity index (χ2v) is 6.95. The molecule has 1 aliphatic heterocycles. The predicted octanol–water partition coefficient (Wildman–Crippen LogP) is 2.68. The van der Waals surface area contributed by atoms with Gasteiger partial charge in [0.05, 0.1) is 18.8 Å². The van der Waals surface area contributed by atoms with Gasteiger partial charge in [0.2, 0.25) is 0 Å². The third-order valence-corrected chi connectivity index (χ3v) is 4.97. The van der Waals surface area contributed by atoms with E-state index in [1.807, 2.05) is 0 Å². The first-order valence-electron chi connectivity index (χ1n) is 9.21. The highest BCUT2D eigenvalue weighted by atomic mass is 19.1. The number of piperazine rings is 1. The Bertz CT molecular complexity index is 656. The van der Waals surface area contributed by atoms with Gasteiger partial charge in [-0.1, -0.05) is 24.3 Å². The first-order chi connectivity index (χ1) is 13.1. The standard InChI is InChI=1S/C21H26F2N2O2/c1-27-15-20(26)14-24-10-12-25(13-11-24)21(16-2-6-18(22)7-3-16)17-4-8-19(23)9-5-17/h2-9,20-21,26H,10-15H2,1H3. The summed E-state index contributed by atoms with van der Waals surface area (Å²) in [4.78, 5) is 4.53. The maximum absolute atomic E-state index is 13.4. The SMILES string of the molecule is COCC(O)CN1CCN(C(c2ccc(F)cc2)c2ccc(F)cc2)CC1. The number of aliphatic hydroxyl groups is 1. The molecule has 146 valence electrons. The van der Waals surface area contributed by atoms with Crippen LogP contribution in [0.2, 0.25) is 0 Å². The number of hydrogen-bond donors (Lipinski definition) is 1. The van der Waals surface area contributed by atoms with Crippen LogP contribution in [-0.2, 0) is 4.74 Å². The van der Waals surface area contributed by atoms with Crippen LogP contribution in [0, 0.1) is 11.6 Å². The number of hydrogen-bond acceptors (Lipinski definition) is 4. The van der Waals surface area contributed by atoms with Crippen molar-refractivity contribution in [3.8, 4) is 0 Å².